The lowest BCUT2D eigenvalue weighted by Gasteiger charge is -2.39. The van der Waals surface area contributed by atoms with Crippen LogP contribution in [0.5, 0.6) is 0 Å². The van der Waals surface area contributed by atoms with Gasteiger partial charge < -0.3 is 5.32 Å². The Balaban J connectivity index is 0.00000192. The van der Waals surface area contributed by atoms with Crippen LogP contribution in [0, 0.1) is 5.92 Å². The molecule has 2 fully saturated rings. The van der Waals surface area contributed by atoms with Crippen LogP contribution < -0.4 is 5.32 Å². The molecule has 0 radical (unpaired) electrons. The van der Waals surface area contributed by atoms with Gasteiger partial charge in [0.25, 0.3) is 0 Å². The summed E-state index contributed by atoms with van der Waals surface area (Å²) < 4.78 is 39.1. The predicted octanol–water partition coefficient (Wildman–Crippen LogP) is 4.26. The molecular weight excluding hydrogens is 325 g/mol. The highest BCUT2D eigenvalue weighted by Crippen LogP contribution is 2.41. The molecule has 0 spiro atoms. The van der Waals surface area contributed by atoms with E-state index in [1.54, 1.807) is 6.07 Å². The summed E-state index contributed by atoms with van der Waals surface area (Å²) in [6.07, 6.45) is 0.397. The number of rotatable bonds is 3. The average molecular weight is 349 g/mol. The smallest absolute Gasteiger partial charge is 0.314 e. The zero-order valence-corrected chi connectivity index (χ0v) is 13.9. The minimum Gasteiger partial charge on any atom is -0.314 e. The summed E-state index contributed by atoms with van der Waals surface area (Å²) in [6, 6.07) is 6.10. The molecular formula is C17H24ClF3N2. The lowest BCUT2D eigenvalue weighted by atomic mass is 9.89. The Morgan fingerprint density at radius 1 is 1.09 bits per heavy atom. The van der Waals surface area contributed by atoms with Crippen LogP contribution in [0.2, 0.25) is 0 Å². The first-order valence-electron chi connectivity index (χ1n) is 8.17. The Morgan fingerprint density at radius 2 is 1.74 bits per heavy atom. The Bertz CT molecular complexity index is 495. The molecule has 1 N–H and O–H groups in total. The number of piperazine rings is 1. The minimum absolute atomic E-state index is 0. The molecule has 0 unspecified atom stereocenters. The molecule has 1 saturated heterocycles. The molecule has 1 heterocycles. The topological polar surface area (TPSA) is 15.3 Å². The van der Waals surface area contributed by atoms with Crippen molar-refractivity contribution in [2.45, 2.75) is 37.9 Å². The molecule has 2 nitrogen and oxygen atoms in total. The molecule has 2 aliphatic rings. The molecule has 23 heavy (non-hydrogen) atoms. The lowest BCUT2D eigenvalue weighted by Crippen LogP contribution is -2.46. The molecule has 0 bridgehead atoms. The standard InChI is InChI=1S/C17H23F3N2.ClH/c18-17(19,20)15-7-3-6-14(12-15)16(13-4-1-2-5-13)22-10-8-21-9-11-22;/h3,6-7,12-13,16,21H,1-2,4-5,8-11H2;1H/t16-;/m1./s1. The molecule has 3 rings (SSSR count). The van der Waals surface area contributed by atoms with Crippen LogP contribution in [-0.2, 0) is 6.18 Å². The van der Waals surface area contributed by atoms with Crippen molar-refractivity contribution in [2.24, 2.45) is 5.92 Å². The monoisotopic (exact) mass is 348 g/mol. The highest BCUT2D eigenvalue weighted by molar-refractivity contribution is 5.85. The van der Waals surface area contributed by atoms with E-state index in [2.05, 4.69) is 10.2 Å². The molecule has 1 aromatic carbocycles. The summed E-state index contributed by atoms with van der Waals surface area (Å²) in [5, 5.41) is 3.33. The summed E-state index contributed by atoms with van der Waals surface area (Å²) in [5.74, 6) is 0.488. The minimum atomic E-state index is -4.26. The van der Waals surface area contributed by atoms with Gasteiger partial charge in [-0.25, -0.2) is 0 Å². The van der Waals surface area contributed by atoms with Gasteiger partial charge in [0.05, 0.1) is 5.56 Å². The number of alkyl halides is 3. The van der Waals surface area contributed by atoms with Crippen molar-refractivity contribution in [3.8, 4) is 0 Å². The maximum Gasteiger partial charge on any atom is 0.416 e. The van der Waals surface area contributed by atoms with Gasteiger partial charge in [-0.3, -0.25) is 4.90 Å². The summed E-state index contributed by atoms with van der Waals surface area (Å²) in [4.78, 5) is 2.38. The van der Waals surface area contributed by atoms with Crippen LogP contribution in [0.4, 0.5) is 13.2 Å². The van der Waals surface area contributed by atoms with Crippen LogP contribution >= 0.6 is 12.4 Å². The van der Waals surface area contributed by atoms with Crippen molar-refractivity contribution in [2.75, 3.05) is 26.2 Å². The fourth-order valence-electron chi connectivity index (χ4n) is 3.91. The molecule has 1 aliphatic heterocycles. The van der Waals surface area contributed by atoms with E-state index < -0.39 is 11.7 Å². The maximum atomic E-state index is 13.0. The molecule has 1 aromatic rings. The van der Waals surface area contributed by atoms with E-state index in [0.717, 1.165) is 44.6 Å². The van der Waals surface area contributed by atoms with Gasteiger partial charge in [-0.2, -0.15) is 13.2 Å². The molecule has 1 saturated carbocycles. The second-order valence-electron chi connectivity index (χ2n) is 6.40. The van der Waals surface area contributed by atoms with Gasteiger partial charge in [0.15, 0.2) is 0 Å². The molecule has 0 amide bonds. The quantitative estimate of drug-likeness (QED) is 0.877. The number of hydrogen-bond acceptors (Lipinski definition) is 2. The van der Waals surface area contributed by atoms with Gasteiger partial charge in [0, 0.05) is 32.2 Å². The largest absolute Gasteiger partial charge is 0.416 e. The number of nitrogens with zero attached hydrogens (tertiary/aromatic N) is 1. The third-order valence-electron chi connectivity index (χ3n) is 4.95. The summed E-state index contributed by atoms with van der Waals surface area (Å²) in [5.41, 5.74) is 0.312. The van der Waals surface area contributed by atoms with Crippen molar-refractivity contribution < 1.29 is 13.2 Å². The Hall–Kier alpha value is -0.780. The maximum absolute atomic E-state index is 13.0. The fourth-order valence-corrected chi connectivity index (χ4v) is 3.91. The second-order valence-corrected chi connectivity index (χ2v) is 6.40. The third-order valence-corrected chi connectivity index (χ3v) is 4.95. The van der Waals surface area contributed by atoms with Crippen LogP contribution in [0.1, 0.15) is 42.9 Å². The van der Waals surface area contributed by atoms with Crippen LogP contribution in [0.3, 0.4) is 0 Å². The Kier molecular flexibility index (Phi) is 6.34. The second kappa shape index (κ2) is 7.86. The number of benzene rings is 1. The van der Waals surface area contributed by atoms with Gasteiger partial charge in [0.2, 0.25) is 0 Å². The van der Waals surface area contributed by atoms with Crippen LogP contribution in [0.15, 0.2) is 24.3 Å². The Labute approximate surface area is 141 Å². The fraction of sp³-hybridized carbons (Fsp3) is 0.647. The molecule has 1 aliphatic carbocycles. The molecule has 130 valence electrons. The normalized spacial score (nSPS) is 21.9. The average Bonchev–Trinajstić information content (AvgIpc) is 3.02. The van der Waals surface area contributed by atoms with E-state index in [1.165, 1.54) is 25.0 Å². The lowest BCUT2D eigenvalue weighted by molar-refractivity contribution is -0.137. The van der Waals surface area contributed by atoms with Gasteiger partial charge >= 0.3 is 6.18 Å². The SMILES string of the molecule is Cl.FC(F)(F)c1cccc([C@@H](C2CCCC2)N2CCNCC2)c1. The van der Waals surface area contributed by atoms with E-state index in [4.69, 9.17) is 0 Å². The number of hydrogen-bond donors (Lipinski definition) is 1. The van der Waals surface area contributed by atoms with Crippen LogP contribution in [-0.4, -0.2) is 31.1 Å². The summed E-state index contributed by atoms with van der Waals surface area (Å²) >= 11 is 0. The first-order chi connectivity index (χ1) is 10.6. The highest BCUT2D eigenvalue weighted by atomic mass is 35.5. The zero-order valence-electron chi connectivity index (χ0n) is 13.1. The summed E-state index contributed by atoms with van der Waals surface area (Å²) in [6.45, 7) is 3.67. The number of nitrogens with one attached hydrogen (secondary N) is 1. The van der Waals surface area contributed by atoms with Crippen molar-refractivity contribution in [1.82, 2.24) is 10.2 Å². The van der Waals surface area contributed by atoms with Crippen molar-refractivity contribution in [1.29, 1.82) is 0 Å². The predicted molar refractivity (Wildman–Crippen MR) is 87.8 cm³/mol. The van der Waals surface area contributed by atoms with E-state index in [0.29, 0.717) is 5.92 Å². The Morgan fingerprint density at radius 3 is 2.35 bits per heavy atom. The summed E-state index contributed by atoms with van der Waals surface area (Å²) in [7, 11) is 0. The van der Waals surface area contributed by atoms with Crippen molar-refractivity contribution in [3.63, 3.8) is 0 Å². The molecule has 0 aromatic heterocycles. The molecule has 1 atom stereocenters. The first kappa shape index (κ1) is 18.6. The van der Waals surface area contributed by atoms with Gasteiger partial charge in [-0.15, -0.1) is 12.4 Å². The van der Waals surface area contributed by atoms with Gasteiger partial charge in [0.1, 0.15) is 0 Å². The van der Waals surface area contributed by atoms with E-state index in [9.17, 15) is 13.2 Å². The first-order valence-corrected chi connectivity index (χ1v) is 8.17. The van der Waals surface area contributed by atoms with E-state index >= 15 is 0 Å². The third kappa shape index (κ3) is 4.40. The van der Waals surface area contributed by atoms with Gasteiger partial charge in [-0.05, 0) is 36.5 Å². The highest BCUT2D eigenvalue weighted by Gasteiger charge is 2.35. The zero-order chi connectivity index (χ0) is 15.6. The van der Waals surface area contributed by atoms with Gasteiger partial charge in [-0.1, -0.05) is 25.0 Å². The van der Waals surface area contributed by atoms with E-state index in [1.807, 2.05) is 6.07 Å². The van der Waals surface area contributed by atoms with Crippen LogP contribution in [0.25, 0.3) is 0 Å². The van der Waals surface area contributed by atoms with Crippen molar-refractivity contribution >= 4 is 12.4 Å². The molecule has 6 heteroatoms. The van der Waals surface area contributed by atoms with E-state index in [-0.39, 0.29) is 18.4 Å². The number of halogens is 4. The van der Waals surface area contributed by atoms with Crippen molar-refractivity contribution in [3.05, 3.63) is 35.4 Å².